The van der Waals surface area contributed by atoms with Gasteiger partial charge in [0.2, 0.25) is 0 Å². The molecule has 1 atom stereocenters. The minimum Gasteiger partial charge on any atom is -0.384 e. The summed E-state index contributed by atoms with van der Waals surface area (Å²) in [6, 6.07) is 1.87. The maximum Gasteiger partial charge on any atom is 0.135 e. The van der Waals surface area contributed by atoms with Crippen molar-refractivity contribution < 1.29 is 0 Å². The van der Waals surface area contributed by atoms with Crippen molar-refractivity contribution in [2.45, 2.75) is 46.1 Å². The number of anilines is 2. The van der Waals surface area contributed by atoms with Gasteiger partial charge in [-0.3, -0.25) is 0 Å². The minimum absolute atomic E-state index is 0.106. The fraction of sp³-hybridized carbons (Fsp3) is 0.500. The molecule has 2 rings (SSSR count). The maximum absolute atomic E-state index is 5.83. The lowest BCUT2D eigenvalue weighted by Gasteiger charge is -2.14. The zero-order valence-corrected chi connectivity index (χ0v) is 13.2. The van der Waals surface area contributed by atoms with E-state index >= 15 is 0 Å². The average molecular weight is 291 g/mol. The first kappa shape index (κ1) is 14.7. The Kier molecular flexibility index (Phi) is 4.54. The summed E-state index contributed by atoms with van der Waals surface area (Å²) in [6.07, 6.45) is 2.95. The van der Waals surface area contributed by atoms with E-state index in [0.717, 1.165) is 23.1 Å². The average Bonchev–Trinajstić information content (AvgIpc) is 2.86. The summed E-state index contributed by atoms with van der Waals surface area (Å²) < 4.78 is 0. The number of nitrogen functional groups attached to an aromatic ring is 1. The van der Waals surface area contributed by atoms with Crippen molar-refractivity contribution in [1.29, 1.82) is 0 Å². The van der Waals surface area contributed by atoms with E-state index in [1.54, 1.807) is 17.4 Å². The second-order valence-electron chi connectivity index (χ2n) is 5.08. The second kappa shape index (κ2) is 6.17. The smallest absolute Gasteiger partial charge is 0.135 e. The van der Waals surface area contributed by atoms with Crippen LogP contribution in [0.2, 0.25) is 0 Å². The summed E-state index contributed by atoms with van der Waals surface area (Å²) in [4.78, 5) is 14.5. The molecule has 0 aliphatic rings. The van der Waals surface area contributed by atoms with Crippen LogP contribution in [0, 0.1) is 0 Å². The molecule has 2 heterocycles. The summed E-state index contributed by atoms with van der Waals surface area (Å²) in [5, 5.41) is 4.41. The third-order valence-corrected chi connectivity index (χ3v) is 4.26. The summed E-state index contributed by atoms with van der Waals surface area (Å²) in [5.41, 5.74) is 5.83. The number of hydrogen-bond acceptors (Lipinski definition) is 6. The van der Waals surface area contributed by atoms with Crippen molar-refractivity contribution in [1.82, 2.24) is 15.0 Å². The van der Waals surface area contributed by atoms with Gasteiger partial charge >= 0.3 is 0 Å². The van der Waals surface area contributed by atoms with E-state index in [0.29, 0.717) is 5.82 Å². The molecule has 0 aliphatic carbocycles. The molecule has 3 N–H and O–H groups in total. The maximum atomic E-state index is 5.83. The Morgan fingerprint density at radius 1 is 1.30 bits per heavy atom. The summed E-state index contributed by atoms with van der Waals surface area (Å²) in [6.45, 7) is 8.31. The molecule has 2 aromatic rings. The highest BCUT2D eigenvalue weighted by Crippen LogP contribution is 2.24. The largest absolute Gasteiger partial charge is 0.384 e. The zero-order chi connectivity index (χ0) is 14.7. The van der Waals surface area contributed by atoms with Crippen LogP contribution in [0.1, 0.15) is 55.4 Å². The van der Waals surface area contributed by atoms with Crippen molar-refractivity contribution in [3.8, 4) is 0 Å². The third-order valence-electron chi connectivity index (χ3n) is 2.93. The van der Waals surface area contributed by atoms with E-state index < -0.39 is 0 Å². The molecular weight excluding hydrogens is 270 g/mol. The standard InChI is InChI=1S/C14H21N5S/c1-5-10-7-16-14(20-10)9(4)17-12-6-11(15)18-13(19-12)8(2)3/h6-9H,5H2,1-4H3,(H3,15,17,18,19). The highest BCUT2D eigenvalue weighted by Gasteiger charge is 2.12. The lowest BCUT2D eigenvalue weighted by Crippen LogP contribution is -2.11. The van der Waals surface area contributed by atoms with Crippen molar-refractivity contribution >= 4 is 23.0 Å². The van der Waals surface area contributed by atoms with Gasteiger partial charge in [-0.1, -0.05) is 20.8 Å². The number of aromatic nitrogens is 3. The first-order valence-electron chi connectivity index (χ1n) is 6.85. The molecule has 5 nitrogen and oxygen atoms in total. The molecule has 0 saturated heterocycles. The van der Waals surface area contributed by atoms with Gasteiger partial charge in [0.15, 0.2) is 0 Å². The molecular formula is C14H21N5S. The lowest BCUT2D eigenvalue weighted by molar-refractivity contribution is 0.770. The molecule has 0 spiro atoms. The van der Waals surface area contributed by atoms with Crippen molar-refractivity contribution in [2.24, 2.45) is 0 Å². The molecule has 20 heavy (non-hydrogen) atoms. The van der Waals surface area contributed by atoms with Gasteiger partial charge in [-0.05, 0) is 13.3 Å². The number of nitrogens with one attached hydrogen (secondary N) is 1. The van der Waals surface area contributed by atoms with Crippen LogP contribution in [0.5, 0.6) is 0 Å². The molecule has 2 aromatic heterocycles. The fourth-order valence-electron chi connectivity index (χ4n) is 1.79. The second-order valence-corrected chi connectivity index (χ2v) is 6.22. The van der Waals surface area contributed by atoms with E-state index in [9.17, 15) is 0 Å². The topological polar surface area (TPSA) is 76.7 Å². The van der Waals surface area contributed by atoms with Gasteiger partial charge in [-0.15, -0.1) is 11.3 Å². The molecule has 0 aromatic carbocycles. The molecule has 0 fully saturated rings. The molecule has 0 radical (unpaired) electrons. The van der Waals surface area contributed by atoms with Crippen LogP contribution < -0.4 is 11.1 Å². The lowest BCUT2D eigenvalue weighted by atomic mass is 10.2. The summed E-state index contributed by atoms with van der Waals surface area (Å²) in [5.74, 6) is 2.25. The molecule has 0 saturated carbocycles. The van der Waals surface area contributed by atoms with Crippen LogP contribution in [0.25, 0.3) is 0 Å². The van der Waals surface area contributed by atoms with Crippen molar-refractivity contribution in [3.05, 3.63) is 28.0 Å². The number of thiazole rings is 1. The first-order valence-corrected chi connectivity index (χ1v) is 7.66. The van der Waals surface area contributed by atoms with Gasteiger partial charge in [0.25, 0.3) is 0 Å². The van der Waals surface area contributed by atoms with Crippen LogP contribution in [-0.2, 0) is 6.42 Å². The van der Waals surface area contributed by atoms with Gasteiger partial charge in [0.1, 0.15) is 22.5 Å². The Hall–Kier alpha value is -1.69. The van der Waals surface area contributed by atoms with Crippen LogP contribution in [-0.4, -0.2) is 15.0 Å². The molecule has 0 aliphatic heterocycles. The van der Waals surface area contributed by atoms with E-state index in [2.05, 4.69) is 48.0 Å². The monoisotopic (exact) mass is 291 g/mol. The SMILES string of the molecule is CCc1cnc(C(C)Nc2cc(N)nc(C(C)C)n2)s1. The highest BCUT2D eigenvalue weighted by atomic mass is 32.1. The number of rotatable bonds is 5. The number of hydrogen-bond donors (Lipinski definition) is 2. The predicted octanol–water partition coefficient (Wildman–Crippen LogP) is 3.37. The van der Waals surface area contributed by atoms with Crippen LogP contribution in [0.15, 0.2) is 12.3 Å². The van der Waals surface area contributed by atoms with Crippen LogP contribution in [0.4, 0.5) is 11.6 Å². The van der Waals surface area contributed by atoms with Crippen LogP contribution >= 0.6 is 11.3 Å². The summed E-state index contributed by atoms with van der Waals surface area (Å²) in [7, 11) is 0. The predicted molar refractivity (Wildman–Crippen MR) is 84.1 cm³/mol. The Bertz CT molecular complexity index is 579. The zero-order valence-electron chi connectivity index (χ0n) is 12.3. The van der Waals surface area contributed by atoms with E-state index in [4.69, 9.17) is 5.73 Å². The fourth-order valence-corrected chi connectivity index (χ4v) is 2.65. The number of aryl methyl sites for hydroxylation is 1. The van der Waals surface area contributed by atoms with Crippen LogP contribution in [0.3, 0.4) is 0 Å². The Morgan fingerprint density at radius 2 is 2.05 bits per heavy atom. The minimum atomic E-state index is 0.106. The summed E-state index contributed by atoms with van der Waals surface area (Å²) >= 11 is 1.73. The van der Waals surface area contributed by atoms with Gasteiger partial charge < -0.3 is 11.1 Å². The highest BCUT2D eigenvalue weighted by molar-refractivity contribution is 7.11. The molecule has 108 valence electrons. The Morgan fingerprint density at radius 3 is 2.65 bits per heavy atom. The van der Waals surface area contributed by atoms with Crippen molar-refractivity contribution in [2.75, 3.05) is 11.1 Å². The Balaban J connectivity index is 2.16. The normalized spacial score (nSPS) is 12.7. The number of nitrogens with two attached hydrogens (primary N) is 1. The molecule has 1 unspecified atom stereocenters. The van der Waals surface area contributed by atoms with Gasteiger partial charge in [0.05, 0.1) is 6.04 Å². The van der Waals surface area contributed by atoms with Gasteiger partial charge in [-0.25, -0.2) is 15.0 Å². The van der Waals surface area contributed by atoms with E-state index in [-0.39, 0.29) is 12.0 Å². The molecule has 6 heteroatoms. The molecule has 0 amide bonds. The first-order chi connectivity index (χ1) is 9.49. The van der Waals surface area contributed by atoms with Crippen molar-refractivity contribution in [3.63, 3.8) is 0 Å². The van der Waals surface area contributed by atoms with Gasteiger partial charge in [-0.2, -0.15) is 0 Å². The number of nitrogens with zero attached hydrogens (tertiary/aromatic N) is 3. The Labute approximate surface area is 123 Å². The quantitative estimate of drug-likeness (QED) is 0.883. The molecule has 0 bridgehead atoms. The van der Waals surface area contributed by atoms with Gasteiger partial charge in [0, 0.05) is 23.1 Å². The van der Waals surface area contributed by atoms with E-state index in [1.807, 2.05) is 6.20 Å². The van der Waals surface area contributed by atoms with E-state index in [1.165, 1.54) is 4.88 Å². The third kappa shape index (κ3) is 3.45.